The van der Waals surface area contributed by atoms with E-state index in [4.69, 9.17) is 0 Å². The number of benzene rings is 2. The Morgan fingerprint density at radius 3 is 1.81 bits per heavy atom. The fourth-order valence-electron chi connectivity index (χ4n) is 7.20. The Hall–Kier alpha value is -2.08. The van der Waals surface area contributed by atoms with Crippen LogP contribution in [0.4, 0.5) is 0 Å². The smallest absolute Gasteiger partial charge is 0.00276 e. The van der Waals surface area contributed by atoms with E-state index in [1.165, 1.54) is 68.1 Å². The lowest BCUT2D eigenvalue weighted by molar-refractivity contribution is 0.239. The van der Waals surface area contributed by atoms with Crippen LogP contribution in [0.5, 0.6) is 0 Å². The van der Waals surface area contributed by atoms with E-state index in [0.717, 1.165) is 0 Å². The molecule has 0 nitrogen and oxygen atoms in total. The van der Waals surface area contributed by atoms with E-state index in [-0.39, 0.29) is 0 Å². The maximum atomic E-state index is 2.68. The zero-order valence-electron chi connectivity index (χ0n) is 20.6. The molecule has 0 fully saturated rings. The average Bonchev–Trinajstić information content (AvgIpc) is 3.44. The van der Waals surface area contributed by atoms with Crippen LogP contribution in [-0.2, 0) is 10.8 Å². The van der Waals surface area contributed by atoms with Gasteiger partial charge in [0.2, 0.25) is 0 Å². The van der Waals surface area contributed by atoms with Gasteiger partial charge in [-0.15, -0.1) is 0 Å². The summed E-state index contributed by atoms with van der Waals surface area (Å²) in [6.07, 6.45) is 19.9. The molecule has 3 aliphatic carbocycles. The fraction of sp³-hybridized carbons (Fsp3) is 0.500. The molecule has 5 rings (SSSR count). The first kappa shape index (κ1) is 21.7. The summed E-state index contributed by atoms with van der Waals surface area (Å²) in [5, 5.41) is 0. The van der Waals surface area contributed by atoms with Gasteiger partial charge in [-0.05, 0) is 95.6 Å². The molecule has 0 aliphatic heterocycles. The fourth-order valence-corrected chi connectivity index (χ4v) is 7.20. The molecule has 0 N–H and O–H groups in total. The second kappa shape index (κ2) is 8.36. The SMILES string of the molecule is CCC1(CC)CCC(CC)(CC)c2cc3c(cc21)C=CC3CCC1C=Cc2ccccc21. The van der Waals surface area contributed by atoms with Gasteiger partial charge in [-0.25, -0.2) is 0 Å². The second-order valence-electron chi connectivity index (χ2n) is 10.6. The van der Waals surface area contributed by atoms with E-state index in [0.29, 0.717) is 22.7 Å². The molecule has 0 heteroatoms. The molecular formula is C32H40. The summed E-state index contributed by atoms with van der Waals surface area (Å²) in [6, 6.07) is 14.2. The minimum Gasteiger partial charge on any atom is -0.0764 e. The number of allylic oxidation sites excluding steroid dienone is 2. The molecule has 0 heterocycles. The third kappa shape index (κ3) is 3.25. The molecule has 2 aromatic rings. The van der Waals surface area contributed by atoms with E-state index < -0.39 is 0 Å². The highest BCUT2D eigenvalue weighted by Gasteiger charge is 2.44. The Morgan fingerprint density at radius 2 is 1.19 bits per heavy atom. The standard InChI is InChI=1S/C32H40/c1-5-31(6-2)19-20-32(7-3,8-4)30-22-28-25(17-18-26(28)21-29(30)31)16-15-24-14-13-23-11-9-10-12-27(23)24/h9-14,17-18,21-22,24-25H,5-8,15-16,19-20H2,1-4H3. The first-order valence-electron chi connectivity index (χ1n) is 13.2. The van der Waals surface area contributed by atoms with Gasteiger partial charge in [-0.2, -0.15) is 0 Å². The van der Waals surface area contributed by atoms with Gasteiger partial charge in [0.25, 0.3) is 0 Å². The Bertz CT molecular complexity index is 1040. The van der Waals surface area contributed by atoms with Gasteiger partial charge in [-0.3, -0.25) is 0 Å². The van der Waals surface area contributed by atoms with Crippen molar-refractivity contribution in [2.45, 2.75) is 102 Å². The average molecular weight is 425 g/mol. The summed E-state index contributed by atoms with van der Waals surface area (Å²) in [6.45, 7) is 9.67. The van der Waals surface area contributed by atoms with Gasteiger partial charge in [0.1, 0.15) is 0 Å². The summed E-state index contributed by atoms with van der Waals surface area (Å²) < 4.78 is 0. The summed E-state index contributed by atoms with van der Waals surface area (Å²) in [5.74, 6) is 1.15. The molecule has 0 bridgehead atoms. The number of hydrogen-bond donors (Lipinski definition) is 0. The van der Waals surface area contributed by atoms with Crippen LogP contribution in [0.3, 0.4) is 0 Å². The molecule has 3 aliphatic rings. The van der Waals surface area contributed by atoms with Crippen molar-refractivity contribution < 1.29 is 0 Å². The first-order chi connectivity index (χ1) is 15.6. The van der Waals surface area contributed by atoms with Crippen LogP contribution in [0, 0.1) is 0 Å². The van der Waals surface area contributed by atoms with E-state index in [9.17, 15) is 0 Å². The molecule has 32 heavy (non-hydrogen) atoms. The zero-order valence-corrected chi connectivity index (χ0v) is 20.6. The number of rotatable bonds is 7. The number of hydrogen-bond acceptors (Lipinski definition) is 0. The molecule has 2 unspecified atom stereocenters. The largest absolute Gasteiger partial charge is 0.0764 e. The summed E-state index contributed by atoms with van der Waals surface area (Å²) in [7, 11) is 0. The van der Waals surface area contributed by atoms with Gasteiger partial charge in [-0.1, -0.05) is 88.4 Å². The second-order valence-corrected chi connectivity index (χ2v) is 10.6. The Kier molecular flexibility index (Phi) is 5.68. The molecule has 2 atom stereocenters. The van der Waals surface area contributed by atoms with E-state index in [1.807, 2.05) is 0 Å². The predicted octanol–water partition coefficient (Wildman–Crippen LogP) is 9.30. The van der Waals surface area contributed by atoms with Crippen molar-refractivity contribution >= 4 is 12.2 Å². The molecule has 0 radical (unpaired) electrons. The molecule has 0 saturated carbocycles. The third-order valence-electron chi connectivity index (χ3n) is 9.75. The molecule has 0 aromatic heterocycles. The van der Waals surface area contributed by atoms with Crippen LogP contribution < -0.4 is 0 Å². The van der Waals surface area contributed by atoms with Crippen molar-refractivity contribution in [2.24, 2.45) is 0 Å². The van der Waals surface area contributed by atoms with Crippen LogP contribution in [0.25, 0.3) is 12.2 Å². The lowest BCUT2D eigenvalue weighted by Gasteiger charge is -2.48. The van der Waals surface area contributed by atoms with Crippen molar-refractivity contribution in [3.8, 4) is 0 Å². The molecule has 2 aromatic carbocycles. The highest BCUT2D eigenvalue weighted by Crippen LogP contribution is 2.54. The van der Waals surface area contributed by atoms with Gasteiger partial charge < -0.3 is 0 Å². The predicted molar refractivity (Wildman–Crippen MR) is 139 cm³/mol. The lowest BCUT2D eigenvalue weighted by atomic mass is 9.56. The summed E-state index contributed by atoms with van der Waals surface area (Å²) in [5.41, 5.74) is 10.2. The molecule has 0 amide bonds. The lowest BCUT2D eigenvalue weighted by Crippen LogP contribution is -2.40. The highest BCUT2D eigenvalue weighted by molar-refractivity contribution is 5.67. The normalized spacial score (nSPS) is 23.8. The maximum Gasteiger partial charge on any atom is 0.00276 e. The van der Waals surface area contributed by atoms with Crippen molar-refractivity contribution in [3.05, 3.63) is 81.9 Å². The van der Waals surface area contributed by atoms with Crippen molar-refractivity contribution in [2.75, 3.05) is 0 Å². The number of fused-ring (bicyclic) bond motifs is 3. The Morgan fingerprint density at radius 1 is 0.656 bits per heavy atom. The topological polar surface area (TPSA) is 0 Å². The quantitative estimate of drug-likeness (QED) is 0.415. The minimum atomic E-state index is 0.373. The zero-order chi connectivity index (χ0) is 22.3. The first-order valence-corrected chi connectivity index (χ1v) is 13.2. The van der Waals surface area contributed by atoms with Crippen molar-refractivity contribution in [3.63, 3.8) is 0 Å². The molecule has 0 saturated heterocycles. The van der Waals surface area contributed by atoms with E-state index >= 15 is 0 Å². The van der Waals surface area contributed by atoms with Crippen LogP contribution in [-0.4, -0.2) is 0 Å². The molecule has 0 spiro atoms. The van der Waals surface area contributed by atoms with E-state index in [1.54, 1.807) is 16.7 Å². The maximum absolute atomic E-state index is 2.68. The Balaban J connectivity index is 1.47. The van der Waals surface area contributed by atoms with E-state index in [2.05, 4.69) is 88.4 Å². The van der Waals surface area contributed by atoms with Gasteiger partial charge >= 0.3 is 0 Å². The van der Waals surface area contributed by atoms with Crippen LogP contribution >= 0.6 is 0 Å². The van der Waals surface area contributed by atoms with Gasteiger partial charge in [0, 0.05) is 11.8 Å². The monoisotopic (exact) mass is 424 g/mol. The molecular weight excluding hydrogens is 384 g/mol. The third-order valence-corrected chi connectivity index (χ3v) is 9.75. The van der Waals surface area contributed by atoms with Crippen molar-refractivity contribution in [1.82, 2.24) is 0 Å². The van der Waals surface area contributed by atoms with Gasteiger partial charge in [0.05, 0.1) is 0 Å². The van der Waals surface area contributed by atoms with Crippen molar-refractivity contribution in [1.29, 1.82) is 0 Å². The van der Waals surface area contributed by atoms with Gasteiger partial charge in [0.15, 0.2) is 0 Å². The van der Waals surface area contributed by atoms with Crippen LogP contribution in [0.2, 0.25) is 0 Å². The highest BCUT2D eigenvalue weighted by atomic mass is 14.5. The summed E-state index contributed by atoms with van der Waals surface area (Å²) in [4.78, 5) is 0. The summed E-state index contributed by atoms with van der Waals surface area (Å²) >= 11 is 0. The van der Waals surface area contributed by atoms with Crippen LogP contribution in [0.15, 0.2) is 48.6 Å². The molecule has 168 valence electrons. The minimum absolute atomic E-state index is 0.373. The Labute approximate surface area is 195 Å². The van der Waals surface area contributed by atoms with Crippen LogP contribution in [0.1, 0.15) is 124 Å².